The molecule has 2 aromatic heterocycles. The Morgan fingerprint density at radius 2 is 2.13 bits per heavy atom. The summed E-state index contributed by atoms with van der Waals surface area (Å²) in [5, 5.41) is 13.0. The summed E-state index contributed by atoms with van der Waals surface area (Å²) in [4.78, 5) is 17.2. The number of nitrogens with zero attached hydrogens (tertiary/aromatic N) is 2. The van der Waals surface area contributed by atoms with E-state index in [9.17, 15) is 9.90 Å². The smallest absolute Gasteiger partial charge is 0.274 e. The molecule has 3 rings (SSSR count). The second kappa shape index (κ2) is 5.93. The maximum atomic E-state index is 12.7. The number of benzene rings is 1. The summed E-state index contributed by atoms with van der Waals surface area (Å²) in [7, 11) is 0. The van der Waals surface area contributed by atoms with Crippen LogP contribution in [0.15, 0.2) is 36.5 Å². The highest BCUT2D eigenvalue weighted by Crippen LogP contribution is 2.27. The van der Waals surface area contributed by atoms with Gasteiger partial charge in [-0.2, -0.15) is 0 Å². The molecule has 0 atom stereocenters. The molecule has 0 aliphatic carbocycles. The first-order valence-electron chi connectivity index (χ1n) is 7.27. The summed E-state index contributed by atoms with van der Waals surface area (Å²) in [6.07, 6.45) is 2.45. The van der Waals surface area contributed by atoms with Crippen molar-refractivity contribution in [2.75, 3.05) is 5.32 Å². The maximum absolute atomic E-state index is 12.7. The Labute approximate surface area is 138 Å². The highest BCUT2D eigenvalue weighted by atomic mass is 35.5. The zero-order valence-corrected chi connectivity index (χ0v) is 13.6. The van der Waals surface area contributed by atoms with E-state index in [2.05, 4.69) is 10.3 Å². The van der Waals surface area contributed by atoms with Gasteiger partial charge in [0.2, 0.25) is 0 Å². The fourth-order valence-electron chi connectivity index (χ4n) is 2.47. The number of phenolic OH excluding ortho intramolecular Hbond substituents is 1. The van der Waals surface area contributed by atoms with Crippen LogP contribution in [0.2, 0.25) is 5.02 Å². The standard InChI is InChI=1S/C17H16ClN3O2/c1-3-12-16(21-7-6-10(2)8-15(21)19-12)17(23)20-13-9-11(18)4-5-14(13)22/h4-9,22H,3H2,1-2H3,(H,20,23). The van der Waals surface area contributed by atoms with Crippen molar-refractivity contribution in [1.29, 1.82) is 0 Å². The van der Waals surface area contributed by atoms with E-state index in [1.165, 1.54) is 12.1 Å². The van der Waals surface area contributed by atoms with Gasteiger partial charge in [0.1, 0.15) is 17.1 Å². The number of aryl methyl sites for hydroxylation is 2. The van der Waals surface area contributed by atoms with E-state index in [-0.39, 0.29) is 17.3 Å². The largest absolute Gasteiger partial charge is 0.506 e. The van der Waals surface area contributed by atoms with Crippen LogP contribution < -0.4 is 5.32 Å². The predicted octanol–water partition coefficient (Wildman–Crippen LogP) is 3.82. The monoisotopic (exact) mass is 329 g/mol. The lowest BCUT2D eigenvalue weighted by molar-refractivity contribution is 0.102. The zero-order valence-electron chi connectivity index (χ0n) is 12.8. The Morgan fingerprint density at radius 1 is 1.35 bits per heavy atom. The quantitative estimate of drug-likeness (QED) is 0.718. The molecule has 1 amide bonds. The molecular formula is C17H16ClN3O2. The van der Waals surface area contributed by atoms with E-state index in [0.29, 0.717) is 22.8 Å². The van der Waals surface area contributed by atoms with Gasteiger partial charge < -0.3 is 10.4 Å². The average Bonchev–Trinajstić information content (AvgIpc) is 2.88. The van der Waals surface area contributed by atoms with Crippen LogP contribution in [-0.2, 0) is 6.42 Å². The number of nitrogens with one attached hydrogen (secondary N) is 1. The van der Waals surface area contributed by atoms with Crippen LogP contribution in [0.25, 0.3) is 5.65 Å². The van der Waals surface area contributed by atoms with Gasteiger partial charge in [0.05, 0.1) is 11.4 Å². The molecular weight excluding hydrogens is 314 g/mol. The number of phenols is 1. The molecule has 0 aliphatic heterocycles. The van der Waals surface area contributed by atoms with Crippen LogP contribution in [-0.4, -0.2) is 20.4 Å². The van der Waals surface area contributed by atoms with Crippen molar-refractivity contribution in [3.05, 3.63) is 58.5 Å². The number of fused-ring (bicyclic) bond motifs is 1. The van der Waals surface area contributed by atoms with Gasteiger partial charge in [-0.25, -0.2) is 4.98 Å². The molecule has 23 heavy (non-hydrogen) atoms. The van der Waals surface area contributed by atoms with Crippen LogP contribution >= 0.6 is 11.6 Å². The third-order valence-electron chi connectivity index (χ3n) is 3.61. The Balaban J connectivity index is 2.05. The van der Waals surface area contributed by atoms with Crippen molar-refractivity contribution in [2.45, 2.75) is 20.3 Å². The number of hydrogen-bond donors (Lipinski definition) is 2. The number of amides is 1. The Morgan fingerprint density at radius 3 is 2.87 bits per heavy atom. The molecule has 0 bridgehead atoms. The van der Waals surface area contributed by atoms with Crippen molar-refractivity contribution in [2.24, 2.45) is 0 Å². The second-order valence-electron chi connectivity index (χ2n) is 5.31. The minimum Gasteiger partial charge on any atom is -0.506 e. The van der Waals surface area contributed by atoms with E-state index in [4.69, 9.17) is 11.6 Å². The SMILES string of the molecule is CCc1nc2cc(C)ccn2c1C(=O)Nc1cc(Cl)ccc1O. The average molecular weight is 330 g/mol. The second-order valence-corrected chi connectivity index (χ2v) is 5.74. The van der Waals surface area contributed by atoms with Gasteiger partial charge in [-0.15, -0.1) is 0 Å². The van der Waals surface area contributed by atoms with E-state index < -0.39 is 0 Å². The lowest BCUT2D eigenvalue weighted by atomic mass is 10.2. The highest BCUT2D eigenvalue weighted by Gasteiger charge is 2.19. The predicted molar refractivity (Wildman–Crippen MR) is 90.4 cm³/mol. The third-order valence-corrected chi connectivity index (χ3v) is 3.85. The summed E-state index contributed by atoms with van der Waals surface area (Å²) >= 11 is 5.92. The molecule has 5 nitrogen and oxygen atoms in total. The summed E-state index contributed by atoms with van der Waals surface area (Å²) in [6, 6.07) is 8.35. The van der Waals surface area contributed by atoms with Gasteiger partial charge in [0, 0.05) is 11.2 Å². The topological polar surface area (TPSA) is 66.6 Å². The molecule has 0 spiro atoms. The molecule has 2 heterocycles. The third kappa shape index (κ3) is 2.87. The highest BCUT2D eigenvalue weighted by molar-refractivity contribution is 6.31. The number of anilines is 1. The fraction of sp³-hybridized carbons (Fsp3) is 0.176. The van der Waals surface area contributed by atoms with Gasteiger partial charge in [-0.05, 0) is 49.2 Å². The van der Waals surface area contributed by atoms with Crippen LogP contribution in [0.3, 0.4) is 0 Å². The Hall–Kier alpha value is -2.53. The van der Waals surface area contributed by atoms with Crippen molar-refractivity contribution in [1.82, 2.24) is 9.38 Å². The number of imidazole rings is 1. The summed E-state index contributed by atoms with van der Waals surface area (Å²) < 4.78 is 1.75. The number of carbonyl (C=O) groups excluding carboxylic acids is 1. The minimum absolute atomic E-state index is 0.0366. The van der Waals surface area contributed by atoms with E-state index in [1.54, 1.807) is 10.5 Å². The van der Waals surface area contributed by atoms with Crippen LogP contribution in [0, 0.1) is 6.92 Å². The van der Waals surface area contributed by atoms with Crippen molar-refractivity contribution >= 4 is 28.8 Å². The zero-order chi connectivity index (χ0) is 16.6. The van der Waals surface area contributed by atoms with Crippen LogP contribution in [0.1, 0.15) is 28.7 Å². The molecule has 0 saturated heterocycles. The number of pyridine rings is 1. The lowest BCUT2D eigenvalue weighted by Crippen LogP contribution is -2.16. The molecule has 2 N–H and O–H groups in total. The number of aromatic hydroxyl groups is 1. The molecule has 0 radical (unpaired) electrons. The van der Waals surface area contributed by atoms with E-state index in [1.807, 2.05) is 32.2 Å². The first kappa shape index (κ1) is 15.4. The fourth-order valence-corrected chi connectivity index (χ4v) is 2.64. The number of hydrogen-bond acceptors (Lipinski definition) is 3. The van der Waals surface area contributed by atoms with Crippen LogP contribution in [0.5, 0.6) is 5.75 Å². The van der Waals surface area contributed by atoms with Crippen molar-refractivity contribution in [3.8, 4) is 5.75 Å². The van der Waals surface area contributed by atoms with Crippen molar-refractivity contribution in [3.63, 3.8) is 0 Å². The van der Waals surface area contributed by atoms with Gasteiger partial charge in [-0.3, -0.25) is 9.20 Å². The normalized spacial score (nSPS) is 10.9. The summed E-state index contributed by atoms with van der Waals surface area (Å²) in [5.74, 6) is -0.374. The van der Waals surface area contributed by atoms with Gasteiger partial charge in [0.25, 0.3) is 5.91 Å². The van der Waals surface area contributed by atoms with E-state index >= 15 is 0 Å². The molecule has 3 aromatic rings. The lowest BCUT2D eigenvalue weighted by Gasteiger charge is -2.09. The number of carbonyl (C=O) groups is 1. The number of aromatic nitrogens is 2. The van der Waals surface area contributed by atoms with Gasteiger partial charge >= 0.3 is 0 Å². The first-order valence-corrected chi connectivity index (χ1v) is 7.65. The molecule has 1 aromatic carbocycles. The Kier molecular flexibility index (Phi) is 3.96. The van der Waals surface area contributed by atoms with Crippen LogP contribution in [0.4, 0.5) is 5.69 Å². The number of halogens is 1. The molecule has 118 valence electrons. The van der Waals surface area contributed by atoms with E-state index in [0.717, 1.165) is 11.2 Å². The molecule has 0 aliphatic rings. The minimum atomic E-state index is -0.337. The van der Waals surface area contributed by atoms with Gasteiger partial charge in [-0.1, -0.05) is 18.5 Å². The maximum Gasteiger partial charge on any atom is 0.274 e. The van der Waals surface area contributed by atoms with Crippen molar-refractivity contribution < 1.29 is 9.90 Å². The van der Waals surface area contributed by atoms with Gasteiger partial charge in [0.15, 0.2) is 0 Å². The molecule has 6 heteroatoms. The Bertz CT molecular complexity index is 902. The summed E-state index contributed by atoms with van der Waals surface area (Å²) in [6.45, 7) is 3.92. The first-order chi connectivity index (χ1) is 11.0. The molecule has 0 saturated carbocycles. The molecule has 0 unspecified atom stereocenters. The summed E-state index contributed by atoms with van der Waals surface area (Å²) in [5.41, 5.74) is 3.23. The molecule has 0 fully saturated rings. The number of rotatable bonds is 3.